The van der Waals surface area contributed by atoms with Crippen LogP contribution < -0.4 is 5.32 Å². The molecule has 1 aromatic rings. The van der Waals surface area contributed by atoms with E-state index < -0.39 is 5.91 Å². The predicted molar refractivity (Wildman–Crippen MR) is 77.3 cm³/mol. The number of esters is 1. The van der Waals surface area contributed by atoms with E-state index in [0.717, 1.165) is 32.1 Å². The number of hydrogen-bond acceptors (Lipinski definition) is 4. The molecule has 0 aromatic heterocycles. The normalized spacial score (nSPS) is 15.0. The van der Waals surface area contributed by atoms with Crippen molar-refractivity contribution >= 4 is 17.6 Å². The summed E-state index contributed by atoms with van der Waals surface area (Å²) >= 11 is 0. The lowest BCUT2D eigenvalue weighted by molar-refractivity contribution is -0.152. The number of carbonyl (C=O) groups is 2. The molecule has 1 aromatic carbocycles. The third kappa shape index (κ3) is 4.32. The van der Waals surface area contributed by atoms with Crippen LogP contribution in [0.4, 0.5) is 5.69 Å². The van der Waals surface area contributed by atoms with Crippen molar-refractivity contribution < 1.29 is 14.3 Å². The maximum atomic E-state index is 11.8. The van der Waals surface area contributed by atoms with Crippen LogP contribution in [0, 0.1) is 17.2 Å². The molecule has 1 fully saturated rings. The van der Waals surface area contributed by atoms with Crippen LogP contribution in [0.5, 0.6) is 0 Å². The van der Waals surface area contributed by atoms with Crippen LogP contribution in [0.25, 0.3) is 0 Å². The Labute approximate surface area is 123 Å². The van der Waals surface area contributed by atoms with Gasteiger partial charge in [0.15, 0.2) is 6.61 Å². The highest BCUT2D eigenvalue weighted by Gasteiger charge is 2.23. The van der Waals surface area contributed by atoms with Gasteiger partial charge in [-0.3, -0.25) is 9.59 Å². The molecule has 0 bridgehead atoms. The summed E-state index contributed by atoms with van der Waals surface area (Å²) in [6.45, 7) is -0.310. The van der Waals surface area contributed by atoms with E-state index in [1.165, 1.54) is 0 Å². The summed E-state index contributed by atoms with van der Waals surface area (Å²) in [5.41, 5.74) is 0.808. The molecule has 0 saturated heterocycles. The minimum Gasteiger partial charge on any atom is -0.455 e. The Bertz CT molecular complexity index is 557. The molecule has 0 radical (unpaired) electrons. The summed E-state index contributed by atoms with van der Waals surface area (Å²) in [7, 11) is 0. The van der Waals surface area contributed by atoms with Crippen LogP contribution in [0.1, 0.15) is 37.7 Å². The van der Waals surface area contributed by atoms with E-state index in [1.54, 1.807) is 24.3 Å². The minimum atomic E-state index is -0.429. The monoisotopic (exact) mass is 286 g/mol. The Kier molecular flexibility index (Phi) is 5.33. The molecule has 0 heterocycles. The highest BCUT2D eigenvalue weighted by atomic mass is 16.5. The Morgan fingerprint density at radius 2 is 1.95 bits per heavy atom. The van der Waals surface area contributed by atoms with Crippen molar-refractivity contribution in [3.8, 4) is 6.07 Å². The van der Waals surface area contributed by atoms with Crippen LogP contribution in [0.2, 0.25) is 0 Å². The van der Waals surface area contributed by atoms with Gasteiger partial charge in [0.2, 0.25) is 0 Å². The number of benzene rings is 1. The number of amides is 1. The number of para-hydroxylation sites is 1. The molecular weight excluding hydrogens is 268 g/mol. The zero-order valence-corrected chi connectivity index (χ0v) is 11.8. The number of nitrogens with zero attached hydrogens (tertiary/aromatic N) is 1. The number of nitriles is 1. The first-order chi connectivity index (χ1) is 10.2. The van der Waals surface area contributed by atoms with E-state index in [1.807, 2.05) is 6.07 Å². The maximum absolute atomic E-state index is 11.8. The first-order valence-corrected chi connectivity index (χ1v) is 7.16. The average Bonchev–Trinajstić information content (AvgIpc) is 2.54. The molecule has 5 nitrogen and oxygen atoms in total. The van der Waals surface area contributed by atoms with Gasteiger partial charge < -0.3 is 10.1 Å². The lowest BCUT2D eigenvalue weighted by Gasteiger charge is -2.19. The Balaban J connectivity index is 1.82. The third-order valence-electron chi connectivity index (χ3n) is 3.61. The Morgan fingerprint density at radius 3 is 2.67 bits per heavy atom. The van der Waals surface area contributed by atoms with Crippen LogP contribution in [0.15, 0.2) is 24.3 Å². The highest BCUT2D eigenvalue weighted by molar-refractivity contribution is 5.94. The average molecular weight is 286 g/mol. The maximum Gasteiger partial charge on any atom is 0.309 e. The van der Waals surface area contributed by atoms with Crippen molar-refractivity contribution in [2.24, 2.45) is 5.92 Å². The van der Waals surface area contributed by atoms with E-state index in [9.17, 15) is 9.59 Å². The molecular formula is C16H18N2O3. The zero-order valence-electron chi connectivity index (χ0n) is 11.8. The van der Waals surface area contributed by atoms with Gasteiger partial charge in [0.05, 0.1) is 17.2 Å². The SMILES string of the molecule is N#Cc1ccccc1NC(=O)COC(=O)C1CCCCC1. The molecule has 0 spiro atoms. The quantitative estimate of drug-likeness (QED) is 0.863. The van der Waals surface area contributed by atoms with Crippen molar-refractivity contribution in [3.63, 3.8) is 0 Å². The van der Waals surface area contributed by atoms with Gasteiger partial charge in [0.1, 0.15) is 6.07 Å². The molecule has 1 aliphatic rings. The molecule has 0 atom stereocenters. The minimum absolute atomic E-state index is 0.0713. The van der Waals surface area contributed by atoms with Crippen molar-refractivity contribution in [1.29, 1.82) is 5.26 Å². The van der Waals surface area contributed by atoms with Gasteiger partial charge in [0.25, 0.3) is 5.91 Å². The molecule has 0 unspecified atom stereocenters. The zero-order chi connectivity index (χ0) is 15.1. The van der Waals surface area contributed by atoms with Gasteiger partial charge in [-0.05, 0) is 25.0 Å². The van der Waals surface area contributed by atoms with Gasteiger partial charge >= 0.3 is 5.97 Å². The summed E-state index contributed by atoms with van der Waals surface area (Å²) in [5, 5.41) is 11.5. The first-order valence-electron chi connectivity index (χ1n) is 7.16. The number of anilines is 1. The second-order valence-corrected chi connectivity index (χ2v) is 5.15. The topological polar surface area (TPSA) is 79.2 Å². The van der Waals surface area contributed by atoms with Crippen molar-refractivity contribution in [2.75, 3.05) is 11.9 Å². The molecule has 1 N–H and O–H groups in total. The molecule has 2 rings (SSSR count). The van der Waals surface area contributed by atoms with Crippen molar-refractivity contribution in [1.82, 2.24) is 0 Å². The summed E-state index contributed by atoms with van der Waals surface area (Å²) in [6.07, 6.45) is 4.94. The fraction of sp³-hybridized carbons (Fsp3) is 0.438. The summed E-state index contributed by atoms with van der Waals surface area (Å²) in [5.74, 6) is -0.793. The number of rotatable bonds is 4. The third-order valence-corrected chi connectivity index (χ3v) is 3.61. The van der Waals surface area contributed by atoms with E-state index in [0.29, 0.717) is 11.3 Å². The van der Waals surface area contributed by atoms with Crippen LogP contribution >= 0.6 is 0 Å². The Morgan fingerprint density at radius 1 is 1.24 bits per heavy atom. The van der Waals surface area contributed by atoms with Crippen LogP contribution in [-0.4, -0.2) is 18.5 Å². The second kappa shape index (κ2) is 7.44. The van der Waals surface area contributed by atoms with Gasteiger partial charge in [-0.1, -0.05) is 31.4 Å². The van der Waals surface area contributed by atoms with Gasteiger partial charge in [0, 0.05) is 0 Å². The molecule has 0 aliphatic heterocycles. The second-order valence-electron chi connectivity index (χ2n) is 5.15. The largest absolute Gasteiger partial charge is 0.455 e. The molecule has 21 heavy (non-hydrogen) atoms. The number of carbonyl (C=O) groups excluding carboxylic acids is 2. The van der Waals surface area contributed by atoms with Crippen molar-refractivity contribution in [2.45, 2.75) is 32.1 Å². The number of hydrogen-bond donors (Lipinski definition) is 1. The van der Waals surface area contributed by atoms with Crippen molar-refractivity contribution in [3.05, 3.63) is 29.8 Å². The molecule has 5 heteroatoms. The molecule has 110 valence electrons. The van der Waals surface area contributed by atoms with Gasteiger partial charge in [-0.2, -0.15) is 5.26 Å². The lowest BCUT2D eigenvalue weighted by atomic mass is 9.89. The van der Waals surface area contributed by atoms with Gasteiger partial charge in [-0.15, -0.1) is 0 Å². The summed E-state index contributed by atoms with van der Waals surface area (Å²) < 4.78 is 5.06. The van der Waals surface area contributed by atoms with Crippen LogP contribution in [-0.2, 0) is 14.3 Å². The first kappa shape index (κ1) is 15.0. The lowest BCUT2D eigenvalue weighted by Crippen LogP contribution is -2.26. The van der Waals surface area contributed by atoms with E-state index in [-0.39, 0.29) is 18.5 Å². The highest BCUT2D eigenvalue weighted by Crippen LogP contribution is 2.24. The van der Waals surface area contributed by atoms with E-state index in [2.05, 4.69) is 5.32 Å². The summed E-state index contributed by atoms with van der Waals surface area (Å²) in [4.78, 5) is 23.6. The molecule has 1 aliphatic carbocycles. The van der Waals surface area contributed by atoms with E-state index in [4.69, 9.17) is 10.00 Å². The smallest absolute Gasteiger partial charge is 0.309 e. The fourth-order valence-electron chi connectivity index (χ4n) is 2.47. The number of ether oxygens (including phenoxy) is 1. The fourth-order valence-corrected chi connectivity index (χ4v) is 2.47. The standard InChI is InChI=1S/C16H18N2O3/c17-10-13-8-4-5-9-14(13)18-15(19)11-21-16(20)12-6-2-1-3-7-12/h4-5,8-9,12H,1-3,6-7,11H2,(H,18,19). The molecule has 1 amide bonds. The van der Waals surface area contributed by atoms with Crippen LogP contribution in [0.3, 0.4) is 0 Å². The molecule has 1 saturated carbocycles. The van der Waals surface area contributed by atoms with Gasteiger partial charge in [-0.25, -0.2) is 0 Å². The predicted octanol–water partition coefficient (Wildman–Crippen LogP) is 2.62. The Hall–Kier alpha value is -2.35. The summed E-state index contributed by atoms with van der Waals surface area (Å²) in [6, 6.07) is 8.69. The van der Waals surface area contributed by atoms with E-state index >= 15 is 0 Å². The number of nitrogens with one attached hydrogen (secondary N) is 1.